The van der Waals surface area contributed by atoms with Crippen LogP contribution in [0.1, 0.15) is 42.1 Å². The van der Waals surface area contributed by atoms with Crippen LogP contribution < -0.4 is 10.5 Å². The highest BCUT2D eigenvalue weighted by Gasteiger charge is 2.14. The molecule has 21 heavy (non-hydrogen) atoms. The summed E-state index contributed by atoms with van der Waals surface area (Å²) in [4.78, 5) is 15.1. The van der Waals surface area contributed by atoms with Crippen LogP contribution in [-0.2, 0) is 0 Å². The summed E-state index contributed by atoms with van der Waals surface area (Å²) < 4.78 is 5.55. The van der Waals surface area contributed by atoms with Gasteiger partial charge in [0.2, 0.25) is 5.88 Å². The summed E-state index contributed by atoms with van der Waals surface area (Å²) in [6.45, 7) is 4.28. The van der Waals surface area contributed by atoms with Gasteiger partial charge >= 0.3 is 5.97 Å². The second-order valence-electron chi connectivity index (χ2n) is 4.91. The summed E-state index contributed by atoms with van der Waals surface area (Å²) in [6.07, 6.45) is 2.43. The highest BCUT2D eigenvalue weighted by molar-refractivity contribution is 5.91. The zero-order valence-corrected chi connectivity index (χ0v) is 12.0. The van der Waals surface area contributed by atoms with Crippen molar-refractivity contribution in [1.29, 1.82) is 0 Å². The molecule has 0 radical (unpaired) electrons. The number of pyridine rings is 1. The first-order valence-corrected chi connectivity index (χ1v) is 6.78. The van der Waals surface area contributed by atoms with Gasteiger partial charge in [0.15, 0.2) is 0 Å². The van der Waals surface area contributed by atoms with E-state index < -0.39 is 5.97 Å². The number of rotatable bonds is 5. The largest absolute Gasteiger partial charge is 0.477 e. The number of carboxylic acids is 1. The molecule has 0 aliphatic carbocycles. The molecule has 0 bridgehead atoms. The van der Waals surface area contributed by atoms with Gasteiger partial charge in [-0.1, -0.05) is 26.0 Å². The Morgan fingerprint density at radius 1 is 1.38 bits per heavy atom. The number of benzene rings is 1. The van der Waals surface area contributed by atoms with Crippen molar-refractivity contribution in [3.8, 4) is 11.6 Å². The molecule has 5 heteroatoms. The van der Waals surface area contributed by atoms with E-state index in [0.29, 0.717) is 11.7 Å². The lowest BCUT2D eigenvalue weighted by Gasteiger charge is -2.11. The van der Waals surface area contributed by atoms with Gasteiger partial charge in [-0.15, -0.1) is 0 Å². The quantitative estimate of drug-likeness (QED) is 0.876. The predicted molar refractivity (Wildman–Crippen MR) is 80.8 cm³/mol. The summed E-state index contributed by atoms with van der Waals surface area (Å²) in [5.41, 5.74) is 6.99. The minimum absolute atomic E-state index is 0.0352. The molecule has 1 atom stereocenters. The molecule has 1 unspecified atom stereocenters. The highest BCUT2D eigenvalue weighted by Crippen LogP contribution is 2.27. The maximum atomic E-state index is 11.2. The van der Waals surface area contributed by atoms with Crippen molar-refractivity contribution in [3.05, 3.63) is 47.7 Å². The highest BCUT2D eigenvalue weighted by atomic mass is 16.5. The number of hydrogen-bond donors (Lipinski definition) is 2. The minimum Gasteiger partial charge on any atom is -0.477 e. The van der Waals surface area contributed by atoms with Gasteiger partial charge in [0, 0.05) is 0 Å². The van der Waals surface area contributed by atoms with Gasteiger partial charge in [-0.25, -0.2) is 9.78 Å². The van der Waals surface area contributed by atoms with Crippen LogP contribution in [0.4, 0.5) is 5.69 Å². The molecular weight excluding hydrogens is 268 g/mol. The molecule has 0 aliphatic rings. The summed E-state index contributed by atoms with van der Waals surface area (Å²) in [6, 6.07) is 8.90. The molecule has 1 aromatic heterocycles. The van der Waals surface area contributed by atoms with Crippen LogP contribution in [0.15, 0.2) is 36.5 Å². The SMILES string of the molecule is CCC(C)c1ccc(Oc2ncc(N)cc2C(=O)O)cc1. The fourth-order valence-corrected chi connectivity index (χ4v) is 1.91. The number of nitrogens with zero attached hydrogens (tertiary/aromatic N) is 1. The number of carbonyl (C=O) groups is 1. The standard InChI is InChI=1S/C16H18N2O3/c1-3-10(2)11-4-6-13(7-5-11)21-15-14(16(19)20)8-12(17)9-18-15/h4-10H,3,17H2,1-2H3,(H,19,20). The van der Waals surface area contributed by atoms with Crippen molar-refractivity contribution in [2.45, 2.75) is 26.2 Å². The Morgan fingerprint density at radius 2 is 2.05 bits per heavy atom. The molecule has 1 heterocycles. The molecular formula is C16H18N2O3. The number of ether oxygens (including phenoxy) is 1. The van der Waals surface area contributed by atoms with E-state index in [4.69, 9.17) is 15.6 Å². The molecule has 5 nitrogen and oxygen atoms in total. The van der Waals surface area contributed by atoms with Crippen LogP contribution >= 0.6 is 0 Å². The van der Waals surface area contributed by atoms with Crippen LogP contribution in [0.2, 0.25) is 0 Å². The van der Waals surface area contributed by atoms with Crippen molar-refractivity contribution in [2.75, 3.05) is 5.73 Å². The Kier molecular flexibility index (Phi) is 4.42. The monoisotopic (exact) mass is 286 g/mol. The Hall–Kier alpha value is -2.56. The molecule has 0 saturated carbocycles. The molecule has 0 spiro atoms. The Balaban J connectivity index is 2.24. The first-order valence-electron chi connectivity index (χ1n) is 6.78. The van der Waals surface area contributed by atoms with Crippen molar-refractivity contribution < 1.29 is 14.6 Å². The number of aromatic nitrogens is 1. The number of aromatic carboxylic acids is 1. The second kappa shape index (κ2) is 6.26. The van der Waals surface area contributed by atoms with E-state index in [9.17, 15) is 4.79 Å². The average Bonchev–Trinajstić information content (AvgIpc) is 2.49. The van der Waals surface area contributed by atoms with Gasteiger partial charge in [0.1, 0.15) is 11.3 Å². The topological polar surface area (TPSA) is 85.4 Å². The lowest BCUT2D eigenvalue weighted by molar-refractivity contribution is 0.0693. The smallest absolute Gasteiger partial charge is 0.341 e. The Bertz CT molecular complexity index is 638. The average molecular weight is 286 g/mol. The zero-order valence-electron chi connectivity index (χ0n) is 12.0. The third-order valence-corrected chi connectivity index (χ3v) is 3.38. The first-order chi connectivity index (χ1) is 10.0. The minimum atomic E-state index is -1.12. The summed E-state index contributed by atoms with van der Waals surface area (Å²) in [5, 5.41) is 9.14. The number of nitrogen functional groups attached to an aromatic ring is 1. The van der Waals surface area contributed by atoms with Gasteiger partial charge in [-0.2, -0.15) is 0 Å². The molecule has 0 amide bonds. The Morgan fingerprint density at radius 3 is 2.62 bits per heavy atom. The fraction of sp³-hybridized carbons (Fsp3) is 0.250. The van der Waals surface area contributed by atoms with E-state index in [-0.39, 0.29) is 17.1 Å². The third-order valence-electron chi connectivity index (χ3n) is 3.38. The number of hydrogen-bond acceptors (Lipinski definition) is 4. The number of carboxylic acid groups (broad SMARTS) is 1. The van der Waals surface area contributed by atoms with Gasteiger partial charge in [-0.05, 0) is 36.1 Å². The van der Waals surface area contributed by atoms with Gasteiger partial charge in [-0.3, -0.25) is 0 Å². The normalized spacial score (nSPS) is 11.9. The van der Waals surface area contributed by atoms with Gasteiger partial charge in [0.05, 0.1) is 11.9 Å². The second-order valence-corrected chi connectivity index (χ2v) is 4.91. The predicted octanol–water partition coefficient (Wildman–Crippen LogP) is 3.67. The Labute approximate surface area is 123 Å². The third kappa shape index (κ3) is 3.51. The molecule has 2 rings (SSSR count). The van der Waals surface area contributed by atoms with E-state index in [1.54, 1.807) is 0 Å². The molecule has 2 aromatic rings. The van der Waals surface area contributed by atoms with Crippen molar-refractivity contribution in [1.82, 2.24) is 4.98 Å². The van der Waals surface area contributed by atoms with E-state index in [2.05, 4.69) is 18.8 Å². The van der Waals surface area contributed by atoms with E-state index in [0.717, 1.165) is 6.42 Å². The molecule has 110 valence electrons. The first kappa shape index (κ1) is 14.8. The molecule has 0 aliphatic heterocycles. The van der Waals surface area contributed by atoms with Crippen LogP contribution in [0.25, 0.3) is 0 Å². The molecule has 0 fully saturated rings. The summed E-state index contributed by atoms with van der Waals surface area (Å²) in [7, 11) is 0. The van der Waals surface area contributed by atoms with Crippen LogP contribution in [-0.4, -0.2) is 16.1 Å². The molecule has 3 N–H and O–H groups in total. The van der Waals surface area contributed by atoms with Crippen molar-refractivity contribution in [2.24, 2.45) is 0 Å². The molecule has 0 saturated heterocycles. The maximum absolute atomic E-state index is 11.2. The molecule has 1 aromatic carbocycles. The maximum Gasteiger partial charge on any atom is 0.341 e. The lowest BCUT2D eigenvalue weighted by Crippen LogP contribution is -2.03. The van der Waals surface area contributed by atoms with Crippen LogP contribution in [0.3, 0.4) is 0 Å². The lowest BCUT2D eigenvalue weighted by atomic mass is 9.99. The van der Waals surface area contributed by atoms with Crippen molar-refractivity contribution >= 4 is 11.7 Å². The number of nitrogens with two attached hydrogens (primary N) is 1. The van der Waals surface area contributed by atoms with Gasteiger partial charge < -0.3 is 15.6 Å². The van der Waals surface area contributed by atoms with Crippen LogP contribution in [0, 0.1) is 0 Å². The van der Waals surface area contributed by atoms with E-state index in [1.165, 1.54) is 17.8 Å². The zero-order chi connectivity index (χ0) is 15.4. The number of anilines is 1. The van der Waals surface area contributed by atoms with Gasteiger partial charge in [0.25, 0.3) is 0 Å². The van der Waals surface area contributed by atoms with E-state index in [1.807, 2.05) is 24.3 Å². The summed E-state index contributed by atoms with van der Waals surface area (Å²) in [5.74, 6) is -0.0703. The van der Waals surface area contributed by atoms with Crippen molar-refractivity contribution in [3.63, 3.8) is 0 Å². The summed E-state index contributed by atoms with van der Waals surface area (Å²) >= 11 is 0. The van der Waals surface area contributed by atoms with E-state index >= 15 is 0 Å². The van der Waals surface area contributed by atoms with Crippen LogP contribution in [0.5, 0.6) is 11.6 Å². The fourth-order valence-electron chi connectivity index (χ4n) is 1.91.